The quantitative estimate of drug-likeness (QED) is 0.669. The zero-order chi connectivity index (χ0) is 23.4. The fraction of sp³-hybridized carbons (Fsp3) is 0.346. The Morgan fingerprint density at radius 3 is 2.45 bits per heavy atom. The molecule has 2 saturated heterocycles. The highest BCUT2D eigenvalue weighted by Crippen LogP contribution is 2.37. The first-order valence-corrected chi connectivity index (χ1v) is 11.4. The molecule has 0 radical (unpaired) electrons. The Kier molecular flexibility index (Phi) is 6.49. The van der Waals surface area contributed by atoms with E-state index in [-0.39, 0.29) is 23.9 Å². The number of hydrogen-bond acceptors (Lipinski definition) is 3. The van der Waals surface area contributed by atoms with E-state index in [0.29, 0.717) is 39.0 Å². The fourth-order valence-electron chi connectivity index (χ4n) is 4.74. The molecule has 0 bridgehead atoms. The third-order valence-corrected chi connectivity index (χ3v) is 6.75. The SMILES string of the molecule is C=CC(=O)N1CCC(C(=O)NC(C)c2cccc(N3CCNC3=O)c2)(c2ccccc2)CC1. The standard InChI is InChI=1S/C26H30N4O3/c1-3-23(31)29-15-12-26(13-16-29,21-9-5-4-6-10-21)24(32)28-19(2)20-8-7-11-22(18-20)30-17-14-27-25(30)33/h3-11,18-19H,1,12-17H2,2H3,(H,27,33)(H,28,32). The van der Waals surface area contributed by atoms with Crippen LogP contribution in [0.15, 0.2) is 67.3 Å². The number of amides is 4. The van der Waals surface area contributed by atoms with Gasteiger partial charge in [0.1, 0.15) is 0 Å². The summed E-state index contributed by atoms with van der Waals surface area (Å²) in [6.45, 7) is 7.79. The van der Waals surface area contributed by atoms with E-state index in [0.717, 1.165) is 16.8 Å². The first kappa shape index (κ1) is 22.6. The van der Waals surface area contributed by atoms with Gasteiger partial charge in [-0.05, 0) is 49.1 Å². The summed E-state index contributed by atoms with van der Waals surface area (Å²) in [5.74, 6) is -0.149. The number of likely N-dealkylation sites (tertiary alicyclic amines) is 1. The molecule has 2 N–H and O–H groups in total. The maximum atomic E-state index is 13.7. The summed E-state index contributed by atoms with van der Waals surface area (Å²) < 4.78 is 0. The molecule has 4 rings (SSSR count). The highest BCUT2D eigenvalue weighted by Gasteiger charge is 2.43. The van der Waals surface area contributed by atoms with Gasteiger partial charge in [-0.2, -0.15) is 0 Å². The van der Waals surface area contributed by atoms with Crippen molar-refractivity contribution in [3.63, 3.8) is 0 Å². The monoisotopic (exact) mass is 446 g/mol. The Morgan fingerprint density at radius 2 is 1.82 bits per heavy atom. The van der Waals surface area contributed by atoms with Crippen molar-refractivity contribution in [2.45, 2.75) is 31.2 Å². The van der Waals surface area contributed by atoms with Crippen LogP contribution in [0, 0.1) is 0 Å². The molecule has 2 aromatic carbocycles. The number of hydrogen-bond donors (Lipinski definition) is 2. The molecule has 7 nitrogen and oxygen atoms in total. The van der Waals surface area contributed by atoms with Crippen molar-refractivity contribution >= 4 is 23.5 Å². The van der Waals surface area contributed by atoms with Gasteiger partial charge >= 0.3 is 6.03 Å². The first-order chi connectivity index (χ1) is 15.9. The molecule has 33 heavy (non-hydrogen) atoms. The second kappa shape index (κ2) is 9.48. The summed E-state index contributed by atoms with van der Waals surface area (Å²) in [5, 5.41) is 6.02. The molecule has 172 valence electrons. The summed E-state index contributed by atoms with van der Waals surface area (Å²) in [6.07, 6.45) is 2.41. The van der Waals surface area contributed by atoms with Gasteiger partial charge < -0.3 is 15.5 Å². The van der Waals surface area contributed by atoms with Crippen LogP contribution in [0.25, 0.3) is 0 Å². The van der Waals surface area contributed by atoms with Crippen LogP contribution >= 0.6 is 0 Å². The number of nitrogens with one attached hydrogen (secondary N) is 2. The van der Waals surface area contributed by atoms with Gasteiger partial charge in [-0.3, -0.25) is 14.5 Å². The van der Waals surface area contributed by atoms with E-state index in [1.165, 1.54) is 6.08 Å². The predicted molar refractivity (Wildman–Crippen MR) is 128 cm³/mol. The largest absolute Gasteiger partial charge is 0.349 e. The smallest absolute Gasteiger partial charge is 0.321 e. The van der Waals surface area contributed by atoms with E-state index < -0.39 is 5.41 Å². The molecule has 4 amide bonds. The second-order valence-corrected chi connectivity index (χ2v) is 8.65. The molecule has 1 unspecified atom stereocenters. The summed E-state index contributed by atoms with van der Waals surface area (Å²) >= 11 is 0. The number of anilines is 1. The first-order valence-electron chi connectivity index (χ1n) is 11.4. The molecule has 0 saturated carbocycles. The predicted octanol–water partition coefficient (Wildman–Crippen LogP) is 3.14. The topological polar surface area (TPSA) is 81.8 Å². The molecular weight excluding hydrogens is 416 g/mol. The van der Waals surface area contributed by atoms with Crippen molar-refractivity contribution in [3.8, 4) is 0 Å². The lowest BCUT2D eigenvalue weighted by atomic mass is 9.71. The summed E-state index contributed by atoms with van der Waals surface area (Å²) in [6, 6.07) is 17.2. The van der Waals surface area contributed by atoms with Gasteiger partial charge in [0.2, 0.25) is 11.8 Å². The lowest BCUT2D eigenvalue weighted by Gasteiger charge is -2.41. The summed E-state index contributed by atoms with van der Waals surface area (Å²) in [4.78, 5) is 41.3. The molecule has 0 aromatic heterocycles. The molecule has 2 aliphatic heterocycles. The minimum absolute atomic E-state index is 0.0452. The van der Waals surface area contributed by atoms with Crippen LogP contribution < -0.4 is 15.5 Å². The normalized spacial score (nSPS) is 18.4. The minimum atomic E-state index is -0.708. The molecule has 0 spiro atoms. The van der Waals surface area contributed by atoms with Crippen molar-refractivity contribution in [2.24, 2.45) is 0 Å². The van der Waals surface area contributed by atoms with E-state index in [2.05, 4.69) is 17.2 Å². The van der Waals surface area contributed by atoms with Crippen molar-refractivity contribution in [1.82, 2.24) is 15.5 Å². The maximum Gasteiger partial charge on any atom is 0.321 e. The van der Waals surface area contributed by atoms with E-state index in [4.69, 9.17) is 0 Å². The number of rotatable bonds is 6. The van der Waals surface area contributed by atoms with Crippen molar-refractivity contribution < 1.29 is 14.4 Å². The Morgan fingerprint density at radius 1 is 1.09 bits per heavy atom. The highest BCUT2D eigenvalue weighted by atomic mass is 16.2. The van der Waals surface area contributed by atoms with Crippen LogP contribution in [-0.4, -0.2) is 48.9 Å². The number of carbonyl (C=O) groups excluding carboxylic acids is 3. The molecule has 2 aliphatic rings. The molecule has 1 atom stereocenters. The molecule has 7 heteroatoms. The van der Waals surface area contributed by atoms with Crippen LogP contribution in [0.3, 0.4) is 0 Å². The van der Waals surface area contributed by atoms with Gasteiger partial charge in [0.25, 0.3) is 0 Å². The van der Waals surface area contributed by atoms with E-state index in [1.54, 1.807) is 9.80 Å². The highest BCUT2D eigenvalue weighted by molar-refractivity contribution is 5.94. The second-order valence-electron chi connectivity index (χ2n) is 8.65. The van der Waals surface area contributed by atoms with Gasteiger partial charge in [0, 0.05) is 31.9 Å². The van der Waals surface area contributed by atoms with Crippen molar-refractivity contribution in [1.29, 1.82) is 0 Å². The molecule has 2 fully saturated rings. The number of piperidine rings is 1. The Hall–Kier alpha value is -3.61. The average molecular weight is 447 g/mol. The Labute approximate surface area is 194 Å². The van der Waals surface area contributed by atoms with Gasteiger partial charge in [-0.25, -0.2) is 4.79 Å². The van der Waals surface area contributed by atoms with Crippen LogP contribution in [0.2, 0.25) is 0 Å². The number of carbonyl (C=O) groups is 3. The van der Waals surface area contributed by atoms with E-state index in [1.807, 2.05) is 61.5 Å². The third kappa shape index (κ3) is 4.49. The third-order valence-electron chi connectivity index (χ3n) is 6.75. The lowest BCUT2D eigenvalue weighted by Crippen LogP contribution is -2.53. The van der Waals surface area contributed by atoms with Gasteiger partial charge in [0.15, 0.2) is 0 Å². The van der Waals surface area contributed by atoms with Crippen LogP contribution in [0.1, 0.15) is 36.9 Å². The Balaban J connectivity index is 1.55. The molecule has 0 aliphatic carbocycles. The van der Waals surface area contributed by atoms with Gasteiger partial charge in [0.05, 0.1) is 11.5 Å². The zero-order valence-corrected chi connectivity index (χ0v) is 18.9. The van der Waals surface area contributed by atoms with Crippen LogP contribution in [0.4, 0.5) is 10.5 Å². The summed E-state index contributed by atoms with van der Waals surface area (Å²) in [7, 11) is 0. The van der Waals surface area contributed by atoms with Gasteiger partial charge in [-0.1, -0.05) is 49.0 Å². The average Bonchev–Trinajstić information content (AvgIpc) is 3.30. The number of benzene rings is 2. The van der Waals surface area contributed by atoms with Crippen LogP contribution in [0.5, 0.6) is 0 Å². The van der Waals surface area contributed by atoms with E-state index >= 15 is 0 Å². The number of nitrogens with zero attached hydrogens (tertiary/aromatic N) is 2. The van der Waals surface area contributed by atoms with E-state index in [9.17, 15) is 14.4 Å². The van der Waals surface area contributed by atoms with Gasteiger partial charge in [-0.15, -0.1) is 0 Å². The maximum absolute atomic E-state index is 13.7. The fourth-order valence-corrected chi connectivity index (χ4v) is 4.74. The minimum Gasteiger partial charge on any atom is -0.349 e. The lowest BCUT2D eigenvalue weighted by molar-refractivity contribution is -0.134. The zero-order valence-electron chi connectivity index (χ0n) is 18.9. The molecule has 2 aromatic rings. The summed E-state index contributed by atoms with van der Waals surface area (Å²) in [5.41, 5.74) is 2.00. The van der Waals surface area contributed by atoms with Crippen molar-refractivity contribution in [3.05, 3.63) is 78.4 Å². The molecule has 2 heterocycles. The Bertz CT molecular complexity index is 1040. The number of urea groups is 1. The molecular formula is C26H30N4O3. The van der Waals surface area contributed by atoms with Crippen molar-refractivity contribution in [2.75, 3.05) is 31.1 Å². The van der Waals surface area contributed by atoms with Crippen LogP contribution in [-0.2, 0) is 15.0 Å².